The highest BCUT2D eigenvalue weighted by molar-refractivity contribution is 5.69. The highest BCUT2D eigenvalue weighted by atomic mass is 16.3. The van der Waals surface area contributed by atoms with Crippen LogP contribution in [0.2, 0.25) is 0 Å². The Hall–Kier alpha value is -1.80. The predicted molar refractivity (Wildman–Crippen MR) is 66.3 cm³/mol. The molecule has 0 heterocycles. The molecule has 0 saturated heterocycles. The molecule has 0 bridgehead atoms. The van der Waals surface area contributed by atoms with Crippen molar-refractivity contribution in [3.63, 3.8) is 0 Å². The second-order valence-electron chi connectivity index (χ2n) is 3.75. The lowest BCUT2D eigenvalue weighted by molar-refractivity contribution is 0.477. The van der Waals surface area contributed by atoms with E-state index >= 15 is 0 Å². The molecule has 0 radical (unpaired) electrons. The summed E-state index contributed by atoms with van der Waals surface area (Å²) in [5.41, 5.74) is 8.61. The summed E-state index contributed by atoms with van der Waals surface area (Å²) in [6, 6.07) is 15.5. The van der Waals surface area contributed by atoms with Gasteiger partial charge in [-0.05, 0) is 30.2 Å². The first-order chi connectivity index (χ1) is 7.81. The van der Waals surface area contributed by atoms with Crippen LogP contribution >= 0.6 is 0 Å². The maximum atomic E-state index is 9.72. The zero-order chi connectivity index (χ0) is 11.4. The summed E-state index contributed by atoms with van der Waals surface area (Å²) in [6.07, 6.45) is 0.890. The van der Waals surface area contributed by atoms with Gasteiger partial charge in [-0.15, -0.1) is 0 Å². The van der Waals surface area contributed by atoms with Crippen molar-refractivity contribution in [2.45, 2.75) is 6.42 Å². The zero-order valence-corrected chi connectivity index (χ0v) is 9.06. The molecule has 0 atom stereocenters. The monoisotopic (exact) mass is 213 g/mol. The first-order valence-corrected chi connectivity index (χ1v) is 5.38. The largest absolute Gasteiger partial charge is 0.507 e. The van der Waals surface area contributed by atoms with E-state index < -0.39 is 0 Å². The van der Waals surface area contributed by atoms with Crippen LogP contribution in [0.15, 0.2) is 48.5 Å². The van der Waals surface area contributed by atoms with E-state index in [1.54, 1.807) is 6.07 Å². The van der Waals surface area contributed by atoms with Crippen LogP contribution in [-0.4, -0.2) is 11.7 Å². The Labute approximate surface area is 95.4 Å². The third kappa shape index (κ3) is 2.23. The first kappa shape index (κ1) is 10.7. The quantitative estimate of drug-likeness (QED) is 0.823. The smallest absolute Gasteiger partial charge is 0.123 e. The van der Waals surface area contributed by atoms with Gasteiger partial charge in [0.2, 0.25) is 0 Å². The van der Waals surface area contributed by atoms with E-state index in [4.69, 9.17) is 5.73 Å². The van der Waals surface area contributed by atoms with Gasteiger partial charge in [-0.2, -0.15) is 0 Å². The summed E-state index contributed by atoms with van der Waals surface area (Å²) in [6.45, 7) is 0.663. The number of hydrogen-bond donors (Lipinski definition) is 2. The molecule has 2 rings (SSSR count). The molecule has 0 unspecified atom stereocenters. The Morgan fingerprint density at radius 1 is 0.938 bits per heavy atom. The van der Waals surface area contributed by atoms with Crippen molar-refractivity contribution in [2.24, 2.45) is 5.73 Å². The van der Waals surface area contributed by atoms with Gasteiger partial charge in [0, 0.05) is 5.56 Å². The van der Waals surface area contributed by atoms with Crippen molar-refractivity contribution < 1.29 is 5.11 Å². The molecule has 0 saturated carbocycles. The second-order valence-corrected chi connectivity index (χ2v) is 3.75. The van der Waals surface area contributed by atoms with Gasteiger partial charge in [0.25, 0.3) is 0 Å². The normalized spacial score (nSPS) is 10.3. The molecule has 3 N–H and O–H groups in total. The van der Waals surface area contributed by atoms with Crippen LogP contribution in [0.3, 0.4) is 0 Å². The number of phenolic OH excluding ortho intramolecular Hbond substituents is 1. The number of rotatable bonds is 3. The van der Waals surface area contributed by atoms with Crippen molar-refractivity contribution in [1.82, 2.24) is 0 Å². The molecule has 0 aliphatic heterocycles. The van der Waals surface area contributed by atoms with Crippen LogP contribution in [0.4, 0.5) is 0 Å². The number of nitrogens with two attached hydrogens (primary N) is 1. The highest BCUT2D eigenvalue weighted by Gasteiger charge is 2.02. The van der Waals surface area contributed by atoms with Gasteiger partial charge in [-0.1, -0.05) is 42.5 Å². The van der Waals surface area contributed by atoms with Crippen LogP contribution in [0, 0.1) is 0 Å². The lowest BCUT2D eigenvalue weighted by Crippen LogP contribution is -2.02. The number of para-hydroxylation sites is 1. The van der Waals surface area contributed by atoms with Gasteiger partial charge < -0.3 is 10.8 Å². The Bertz CT molecular complexity index is 462. The van der Waals surface area contributed by atoms with Crippen molar-refractivity contribution in [3.05, 3.63) is 54.1 Å². The predicted octanol–water partition coefficient (Wildman–Crippen LogP) is 2.56. The van der Waals surface area contributed by atoms with Crippen LogP contribution in [0.5, 0.6) is 5.75 Å². The SMILES string of the molecule is NCCc1ccc(-c2ccccc2O)cc1. The summed E-state index contributed by atoms with van der Waals surface area (Å²) in [5, 5.41) is 9.72. The van der Waals surface area contributed by atoms with E-state index in [0.29, 0.717) is 12.3 Å². The molecule has 82 valence electrons. The lowest BCUT2D eigenvalue weighted by atomic mass is 10.0. The molecule has 0 aliphatic carbocycles. The Kier molecular flexibility index (Phi) is 3.22. The molecule has 2 heteroatoms. The summed E-state index contributed by atoms with van der Waals surface area (Å²) in [5.74, 6) is 0.314. The van der Waals surface area contributed by atoms with Gasteiger partial charge in [0.1, 0.15) is 5.75 Å². The van der Waals surface area contributed by atoms with Gasteiger partial charge in [-0.25, -0.2) is 0 Å². The van der Waals surface area contributed by atoms with Crippen LogP contribution in [-0.2, 0) is 6.42 Å². The molecule has 0 spiro atoms. The zero-order valence-electron chi connectivity index (χ0n) is 9.06. The average Bonchev–Trinajstić information content (AvgIpc) is 2.31. The first-order valence-electron chi connectivity index (χ1n) is 5.38. The summed E-state index contributed by atoms with van der Waals surface area (Å²) in [4.78, 5) is 0. The Morgan fingerprint density at radius 3 is 2.25 bits per heavy atom. The Morgan fingerprint density at radius 2 is 1.62 bits per heavy atom. The van der Waals surface area contributed by atoms with E-state index in [2.05, 4.69) is 12.1 Å². The minimum Gasteiger partial charge on any atom is -0.507 e. The standard InChI is InChI=1S/C14H15NO/c15-10-9-11-5-7-12(8-6-11)13-3-1-2-4-14(13)16/h1-8,16H,9-10,15H2. The van der Waals surface area contributed by atoms with Crippen LogP contribution in [0.25, 0.3) is 11.1 Å². The number of hydrogen-bond acceptors (Lipinski definition) is 2. The Balaban J connectivity index is 2.31. The van der Waals surface area contributed by atoms with Crippen molar-refractivity contribution >= 4 is 0 Å². The molecule has 0 aliphatic rings. The van der Waals surface area contributed by atoms with Crippen molar-refractivity contribution in [3.8, 4) is 16.9 Å². The maximum absolute atomic E-state index is 9.72. The van der Waals surface area contributed by atoms with E-state index in [1.807, 2.05) is 30.3 Å². The second kappa shape index (κ2) is 4.81. The summed E-state index contributed by atoms with van der Waals surface area (Å²) in [7, 11) is 0. The lowest BCUT2D eigenvalue weighted by Gasteiger charge is -2.05. The molecule has 2 aromatic carbocycles. The number of phenols is 1. The fourth-order valence-electron chi connectivity index (χ4n) is 1.74. The molecule has 0 aromatic heterocycles. The molecular formula is C14H15NO. The van der Waals surface area contributed by atoms with Gasteiger partial charge in [0.15, 0.2) is 0 Å². The molecule has 2 nitrogen and oxygen atoms in total. The fraction of sp³-hybridized carbons (Fsp3) is 0.143. The number of aromatic hydroxyl groups is 1. The molecule has 16 heavy (non-hydrogen) atoms. The molecule has 2 aromatic rings. The summed E-state index contributed by atoms with van der Waals surface area (Å²) >= 11 is 0. The third-order valence-corrected chi connectivity index (χ3v) is 2.60. The summed E-state index contributed by atoms with van der Waals surface area (Å²) < 4.78 is 0. The average molecular weight is 213 g/mol. The van der Waals surface area contributed by atoms with Crippen molar-refractivity contribution in [1.29, 1.82) is 0 Å². The maximum Gasteiger partial charge on any atom is 0.123 e. The topological polar surface area (TPSA) is 46.2 Å². The van der Waals surface area contributed by atoms with Crippen LogP contribution in [0.1, 0.15) is 5.56 Å². The van der Waals surface area contributed by atoms with Gasteiger partial charge in [-0.3, -0.25) is 0 Å². The molecule has 0 fully saturated rings. The highest BCUT2D eigenvalue weighted by Crippen LogP contribution is 2.28. The third-order valence-electron chi connectivity index (χ3n) is 2.60. The van der Waals surface area contributed by atoms with E-state index in [9.17, 15) is 5.11 Å². The van der Waals surface area contributed by atoms with Crippen LogP contribution < -0.4 is 5.73 Å². The van der Waals surface area contributed by atoms with E-state index in [0.717, 1.165) is 17.5 Å². The molecular weight excluding hydrogens is 198 g/mol. The van der Waals surface area contributed by atoms with E-state index in [-0.39, 0.29) is 0 Å². The minimum atomic E-state index is 0.314. The number of benzene rings is 2. The van der Waals surface area contributed by atoms with Gasteiger partial charge >= 0.3 is 0 Å². The van der Waals surface area contributed by atoms with E-state index in [1.165, 1.54) is 5.56 Å². The van der Waals surface area contributed by atoms with Gasteiger partial charge in [0.05, 0.1) is 0 Å². The molecule has 0 amide bonds. The fourth-order valence-corrected chi connectivity index (χ4v) is 1.74. The van der Waals surface area contributed by atoms with Crippen molar-refractivity contribution in [2.75, 3.05) is 6.54 Å². The minimum absolute atomic E-state index is 0.314.